The van der Waals surface area contributed by atoms with Crippen molar-refractivity contribution in [3.8, 4) is 0 Å². The lowest BCUT2D eigenvalue weighted by atomic mass is 9.86. The Morgan fingerprint density at radius 1 is 0.960 bits per heavy atom. The van der Waals surface area contributed by atoms with Gasteiger partial charge < -0.3 is 4.74 Å². The maximum Gasteiger partial charge on any atom is 0.310 e. The van der Waals surface area contributed by atoms with E-state index in [0.717, 1.165) is 17.6 Å². The van der Waals surface area contributed by atoms with Gasteiger partial charge in [-0.3, -0.25) is 4.79 Å². The van der Waals surface area contributed by atoms with Crippen molar-refractivity contribution in [3.05, 3.63) is 83.1 Å². The Bertz CT molecular complexity index is 704. The molecule has 2 rings (SSSR count). The smallest absolute Gasteiger partial charge is 0.310 e. The lowest BCUT2D eigenvalue weighted by Gasteiger charge is -2.19. The third-order valence-corrected chi connectivity index (χ3v) is 4.16. The summed E-state index contributed by atoms with van der Waals surface area (Å²) in [6, 6.07) is 18.6. The minimum absolute atomic E-state index is 0.164. The number of carbonyl (C=O) groups excluding carboxylic acids is 1. The fraction of sp³-hybridized carbons (Fsp3) is 0.348. The highest BCUT2D eigenvalue weighted by Crippen LogP contribution is 2.22. The van der Waals surface area contributed by atoms with Gasteiger partial charge in [0, 0.05) is 6.42 Å². The van der Waals surface area contributed by atoms with Gasteiger partial charge in [0.05, 0.1) is 6.26 Å². The second-order valence-corrected chi connectivity index (χ2v) is 7.56. The van der Waals surface area contributed by atoms with Crippen LogP contribution in [0.5, 0.6) is 0 Å². The average Bonchev–Trinajstić information content (AvgIpc) is 2.59. The van der Waals surface area contributed by atoms with E-state index < -0.39 is 0 Å². The van der Waals surface area contributed by atoms with Gasteiger partial charge >= 0.3 is 5.97 Å². The van der Waals surface area contributed by atoms with Crippen molar-refractivity contribution in [2.24, 2.45) is 0 Å². The largest absolute Gasteiger partial charge is 0.435 e. The molecule has 0 aromatic heterocycles. The molecule has 0 saturated carbocycles. The molecule has 0 spiro atoms. The van der Waals surface area contributed by atoms with Gasteiger partial charge in [-0.25, -0.2) is 0 Å². The van der Waals surface area contributed by atoms with Crippen molar-refractivity contribution < 1.29 is 9.53 Å². The molecule has 2 aromatic carbocycles. The van der Waals surface area contributed by atoms with Crippen LogP contribution in [-0.4, -0.2) is 5.97 Å². The third-order valence-electron chi connectivity index (χ3n) is 4.16. The molecule has 0 fully saturated rings. The van der Waals surface area contributed by atoms with Crippen LogP contribution in [0.2, 0.25) is 0 Å². The molecule has 0 unspecified atom stereocenters. The van der Waals surface area contributed by atoms with Gasteiger partial charge in [-0.15, -0.1) is 0 Å². The molecule has 0 heterocycles. The summed E-state index contributed by atoms with van der Waals surface area (Å²) in [6.45, 7) is 8.62. The zero-order valence-electron chi connectivity index (χ0n) is 15.7. The molecule has 132 valence electrons. The fourth-order valence-electron chi connectivity index (χ4n) is 2.60. The molecule has 0 aliphatic rings. The minimum atomic E-state index is -0.189. The van der Waals surface area contributed by atoms with Crippen molar-refractivity contribution in [3.63, 3.8) is 0 Å². The van der Waals surface area contributed by atoms with E-state index in [9.17, 15) is 4.79 Å². The van der Waals surface area contributed by atoms with Gasteiger partial charge in [-0.1, -0.05) is 75.4 Å². The first-order chi connectivity index (χ1) is 11.8. The molecule has 0 amide bonds. The molecule has 0 atom stereocenters. The van der Waals surface area contributed by atoms with Crippen LogP contribution in [0.3, 0.4) is 0 Å². The monoisotopic (exact) mass is 336 g/mol. The van der Waals surface area contributed by atoms with Crippen LogP contribution < -0.4 is 0 Å². The Balaban J connectivity index is 1.81. The van der Waals surface area contributed by atoms with Crippen LogP contribution in [0.15, 0.2) is 66.4 Å². The Kier molecular flexibility index (Phi) is 6.58. The number of benzene rings is 2. The van der Waals surface area contributed by atoms with E-state index in [4.69, 9.17) is 4.74 Å². The summed E-state index contributed by atoms with van der Waals surface area (Å²) in [6.07, 6.45) is 3.48. The number of hydrogen-bond acceptors (Lipinski definition) is 2. The highest BCUT2D eigenvalue weighted by Gasteiger charge is 2.12. The van der Waals surface area contributed by atoms with Gasteiger partial charge in [0.25, 0.3) is 0 Å². The maximum absolute atomic E-state index is 11.9. The Hall–Kier alpha value is -2.35. The maximum atomic E-state index is 11.9. The van der Waals surface area contributed by atoms with Gasteiger partial charge in [-0.2, -0.15) is 0 Å². The van der Waals surface area contributed by atoms with Crippen molar-refractivity contribution >= 4 is 5.97 Å². The summed E-state index contributed by atoms with van der Waals surface area (Å²) in [5, 5.41) is 0. The molecular formula is C23H28O2. The summed E-state index contributed by atoms with van der Waals surface area (Å²) < 4.78 is 5.27. The summed E-state index contributed by atoms with van der Waals surface area (Å²) in [4.78, 5) is 11.9. The van der Waals surface area contributed by atoms with Crippen molar-refractivity contribution in [1.29, 1.82) is 0 Å². The quantitative estimate of drug-likeness (QED) is 0.506. The average molecular weight is 336 g/mol. The number of aryl methyl sites for hydroxylation is 1. The van der Waals surface area contributed by atoms with E-state index in [0.29, 0.717) is 12.8 Å². The van der Waals surface area contributed by atoms with Crippen molar-refractivity contribution in [2.45, 2.75) is 52.4 Å². The van der Waals surface area contributed by atoms with Crippen LogP contribution in [0.25, 0.3) is 0 Å². The number of esters is 1. The van der Waals surface area contributed by atoms with Gasteiger partial charge in [0.1, 0.15) is 0 Å². The second-order valence-electron chi connectivity index (χ2n) is 7.56. The highest BCUT2D eigenvalue weighted by atomic mass is 16.5. The summed E-state index contributed by atoms with van der Waals surface area (Å²) >= 11 is 0. The van der Waals surface area contributed by atoms with Gasteiger partial charge in [0.2, 0.25) is 0 Å². The van der Waals surface area contributed by atoms with Gasteiger partial charge in [0.15, 0.2) is 0 Å². The van der Waals surface area contributed by atoms with Crippen LogP contribution in [0.4, 0.5) is 0 Å². The molecule has 0 aliphatic carbocycles. The predicted molar refractivity (Wildman–Crippen MR) is 103 cm³/mol. The van der Waals surface area contributed by atoms with Crippen LogP contribution in [0, 0.1) is 0 Å². The van der Waals surface area contributed by atoms with Crippen molar-refractivity contribution in [1.82, 2.24) is 0 Å². The second kappa shape index (κ2) is 8.66. The first kappa shape index (κ1) is 19.0. The van der Waals surface area contributed by atoms with E-state index >= 15 is 0 Å². The number of carbonyl (C=O) groups is 1. The van der Waals surface area contributed by atoms with Crippen molar-refractivity contribution in [2.75, 3.05) is 0 Å². The first-order valence-corrected chi connectivity index (χ1v) is 8.83. The molecule has 25 heavy (non-hydrogen) atoms. The first-order valence-electron chi connectivity index (χ1n) is 8.83. The lowest BCUT2D eigenvalue weighted by Crippen LogP contribution is -2.10. The third kappa shape index (κ3) is 6.58. The van der Waals surface area contributed by atoms with Crippen LogP contribution >= 0.6 is 0 Å². The van der Waals surface area contributed by atoms with Gasteiger partial charge in [-0.05, 0) is 47.4 Å². The number of hydrogen-bond donors (Lipinski definition) is 0. The minimum Gasteiger partial charge on any atom is -0.435 e. The molecule has 2 heteroatoms. The molecule has 0 aliphatic heterocycles. The predicted octanol–water partition coefficient (Wildman–Crippen LogP) is 5.61. The van der Waals surface area contributed by atoms with Crippen LogP contribution in [0.1, 0.15) is 50.8 Å². The highest BCUT2D eigenvalue weighted by molar-refractivity contribution is 5.70. The van der Waals surface area contributed by atoms with E-state index in [1.54, 1.807) is 6.26 Å². The molecule has 0 radical (unpaired) electrons. The molecule has 2 nitrogen and oxygen atoms in total. The zero-order chi connectivity index (χ0) is 18.3. The summed E-state index contributed by atoms with van der Waals surface area (Å²) in [5.41, 5.74) is 4.90. The van der Waals surface area contributed by atoms with E-state index in [2.05, 4.69) is 45.0 Å². The van der Waals surface area contributed by atoms with E-state index in [-0.39, 0.29) is 11.4 Å². The van der Waals surface area contributed by atoms with E-state index in [1.807, 2.05) is 37.3 Å². The number of ether oxygens (including phenoxy) is 1. The lowest BCUT2D eigenvalue weighted by molar-refractivity contribution is -0.138. The Morgan fingerprint density at radius 3 is 2.20 bits per heavy atom. The Labute approximate surface area is 151 Å². The van der Waals surface area contributed by atoms with E-state index in [1.165, 1.54) is 11.1 Å². The van der Waals surface area contributed by atoms with Crippen LogP contribution in [-0.2, 0) is 27.8 Å². The standard InChI is InChI=1S/C23H28O2/c1-18(16-20-10-13-21(14-11-20)23(2,3)4)17-25-22(24)15-12-19-8-6-5-7-9-19/h5-11,13-14,17H,12,15-16H2,1-4H3. The SMILES string of the molecule is CC(=COC(=O)CCc1ccccc1)Cc1ccc(C(C)(C)C)cc1. The number of rotatable bonds is 6. The summed E-state index contributed by atoms with van der Waals surface area (Å²) in [7, 11) is 0. The topological polar surface area (TPSA) is 26.3 Å². The number of allylic oxidation sites excluding steroid dienone is 1. The molecule has 0 N–H and O–H groups in total. The molecular weight excluding hydrogens is 308 g/mol. The molecule has 2 aromatic rings. The normalized spacial score (nSPS) is 12.1. The molecule has 0 bridgehead atoms. The zero-order valence-corrected chi connectivity index (χ0v) is 15.7. The summed E-state index contributed by atoms with van der Waals surface area (Å²) in [5.74, 6) is -0.189. The fourth-order valence-corrected chi connectivity index (χ4v) is 2.60. The Morgan fingerprint density at radius 2 is 1.60 bits per heavy atom. The molecule has 0 saturated heterocycles.